The summed E-state index contributed by atoms with van der Waals surface area (Å²) in [5.41, 5.74) is 8.01. The zero-order valence-corrected chi connectivity index (χ0v) is 11.4. The van der Waals surface area contributed by atoms with Crippen LogP contribution < -0.4 is 15.2 Å². The first-order chi connectivity index (χ1) is 8.74. The molecule has 2 rings (SSSR count). The van der Waals surface area contributed by atoms with Gasteiger partial charge in [-0.1, -0.05) is 6.07 Å². The van der Waals surface area contributed by atoms with Crippen LogP contribution in [0, 0.1) is 6.92 Å². The second kappa shape index (κ2) is 5.89. The molecule has 0 aliphatic heterocycles. The monoisotopic (exact) mass is 263 g/mol. The molecule has 4 heteroatoms. The van der Waals surface area contributed by atoms with Crippen molar-refractivity contribution in [1.82, 2.24) is 0 Å². The molecule has 2 aromatic rings. The van der Waals surface area contributed by atoms with Crippen molar-refractivity contribution in [3.8, 4) is 11.5 Å². The number of nitrogens with two attached hydrogens (primary N) is 1. The molecule has 18 heavy (non-hydrogen) atoms. The maximum absolute atomic E-state index is 5.94. The fraction of sp³-hybridized carbons (Fsp3) is 0.286. The summed E-state index contributed by atoms with van der Waals surface area (Å²) in [6.07, 6.45) is -0.132. The first-order valence-electron chi connectivity index (χ1n) is 5.78. The third-order valence-corrected chi connectivity index (χ3v) is 3.42. The largest absolute Gasteiger partial charge is 0.493 e. The number of aryl methyl sites for hydroxylation is 1. The van der Waals surface area contributed by atoms with E-state index in [1.165, 1.54) is 0 Å². The topological polar surface area (TPSA) is 44.5 Å². The highest BCUT2D eigenvalue weighted by Crippen LogP contribution is 2.32. The van der Waals surface area contributed by atoms with Crippen LogP contribution >= 0.6 is 11.3 Å². The van der Waals surface area contributed by atoms with Crippen LogP contribution in [0.1, 0.15) is 17.2 Å². The van der Waals surface area contributed by atoms with Crippen molar-refractivity contribution in [3.05, 3.63) is 46.2 Å². The highest BCUT2D eigenvalue weighted by molar-refractivity contribution is 7.07. The van der Waals surface area contributed by atoms with Crippen molar-refractivity contribution >= 4 is 11.3 Å². The normalized spacial score (nSPS) is 12.2. The Kier molecular flexibility index (Phi) is 4.23. The lowest BCUT2D eigenvalue weighted by Gasteiger charge is -2.18. The molecule has 1 atom stereocenters. The zero-order chi connectivity index (χ0) is 13.0. The second-order valence-electron chi connectivity index (χ2n) is 4.05. The van der Waals surface area contributed by atoms with Crippen LogP contribution in [0.5, 0.6) is 11.5 Å². The van der Waals surface area contributed by atoms with Crippen LogP contribution in [0.3, 0.4) is 0 Å². The number of rotatable bonds is 5. The van der Waals surface area contributed by atoms with Gasteiger partial charge >= 0.3 is 0 Å². The average molecular weight is 263 g/mol. The van der Waals surface area contributed by atoms with Gasteiger partial charge in [0.15, 0.2) is 11.5 Å². The second-order valence-corrected chi connectivity index (χ2v) is 4.83. The summed E-state index contributed by atoms with van der Waals surface area (Å²) in [6, 6.07) is 7.90. The third kappa shape index (κ3) is 2.83. The Bertz CT molecular complexity index is 497. The van der Waals surface area contributed by atoms with E-state index in [9.17, 15) is 0 Å². The van der Waals surface area contributed by atoms with E-state index < -0.39 is 0 Å². The molecular weight excluding hydrogens is 246 g/mol. The van der Waals surface area contributed by atoms with E-state index in [4.69, 9.17) is 15.2 Å². The summed E-state index contributed by atoms with van der Waals surface area (Å²) in [5.74, 6) is 1.47. The minimum Gasteiger partial charge on any atom is -0.493 e. The molecule has 3 nitrogen and oxygen atoms in total. The van der Waals surface area contributed by atoms with Gasteiger partial charge in [0.25, 0.3) is 0 Å². The lowest BCUT2D eigenvalue weighted by Crippen LogP contribution is -2.18. The van der Waals surface area contributed by atoms with Crippen molar-refractivity contribution < 1.29 is 9.47 Å². The molecule has 1 unspecified atom stereocenters. The molecule has 1 aromatic carbocycles. The molecule has 2 N–H and O–H groups in total. The predicted octanol–water partition coefficient (Wildman–Crippen LogP) is 3.14. The molecule has 0 aliphatic carbocycles. The summed E-state index contributed by atoms with van der Waals surface area (Å²) in [4.78, 5) is 0. The maximum Gasteiger partial charge on any atom is 0.162 e. The van der Waals surface area contributed by atoms with Crippen LogP contribution in [0.2, 0.25) is 0 Å². The molecule has 0 radical (unpaired) electrons. The lowest BCUT2D eigenvalue weighted by atomic mass is 10.2. The van der Waals surface area contributed by atoms with Gasteiger partial charge < -0.3 is 15.2 Å². The highest BCUT2D eigenvalue weighted by Gasteiger charge is 2.14. The number of methoxy groups -OCH3 is 1. The summed E-state index contributed by atoms with van der Waals surface area (Å²) >= 11 is 1.64. The van der Waals surface area contributed by atoms with Gasteiger partial charge in [0, 0.05) is 12.1 Å². The number of ether oxygens (including phenoxy) is 2. The fourth-order valence-corrected chi connectivity index (χ4v) is 2.44. The van der Waals surface area contributed by atoms with Crippen molar-refractivity contribution in [2.24, 2.45) is 5.73 Å². The number of thiophene rings is 1. The predicted molar refractivity (Wildman–Crippen MR) is 74.5 cm³/mol. The molecule has 0 aliphatic rings. The molecule has 0 amide bonds. The van der Waals surface area contributed by atoms with E-state index in [-0.39, 0.29) is 6.10 Å². The van der Waals surface area contributed by atoms with Gasteiger partial charge in [-0.05, 0) is 41.4 Å². The summed E-state index contributed by atoms with van der Waals surface area (Å²) in [5, 5.41) is 4.08. The number of benzene rings is 1. The Hall–Kier alpha value is -1.52. The smallest absolute Gasteiger partial charge is 0.162 e. The molecule has 0 spiro atoms. The Morgan fingerprint density at radius 1 is 1.28 bits per heavy atom. The van der Waals surface area contributed by atoms with Gasteiger partial charge in [0.05, 0.1) is 7.11 Å². The van der Waals surface area contributed by atoms with Crippen molar-refractivity contribution in [1.29, 1.82) is 0 Å². The van der Waals surface area contributed by atoms with E-state index in [0.29, 0.717) is 6.54 Å². The molecule has 96 valence electrons. The maximum atomic E-state index is 5.94. The Morgan fingerprint density at radius 2 is 2.11 bits per heavy atom. The fourth-order valence-electron chi connectivity index (χ4n) is 1.74. The third-order valence-electron chi connectivity index (χ3n) is 2.72. The van der Waals surface area contributed by atoms with Gasteiger partial charge in [0.1, 0.15) is 6.10 Å². The van der Waals surface area contributed by atoms with E-state index >= 15 is 0 Å². The van der Waals surface area contributed by atoms with Crippen LogP contribution in [0.15, 0.2) is 35.0 Å². The van der Waals surface area contributed by atoms with Gasteiger partial charge in [-0.15, -0.1) is 0 Å². The van der Waals surface area contributed by atoms with Gasteiger partial charge in [-0.2, -0.15) is 11.3 Å². The van der Waals surface area contributed by atoms with Crippen molar-refractivity contribution in [3.63, 3.8) is 0 Å². The quantitative estimate of drug-likeness (QED) is 0.901. The zero-order valence-electron chi connectivity index (χ0n) is 10.6. The SMILES string of the molecule is COc1cc(C)ccc1OC(CN)c1ccsc1. The summed E-state index contributed by atoms with van der Waals surface area (Å²) in [7, 11) is 1.64. The van der Waals surface area contributed by atoms with E-state index in [0.717, 1.165) is 22.6 Å². The first kappa shape index (κ1) is 12.9. The van der Waals surface area contributed by atoms with E-state index in [1.54, 1.807) is 18.4 Å². The van der Waals surface area contributed by atoms with Crippen LogP contribution in [0.25, 0.3) is 0 Å². The number of hydrogen-bond donors (Lipinski definition) is 1. The highest BCUT2D eigenvalue weighted by atomic mass is 32.1. The van der Waals surface area contributed by atoms with Gasteiger partial charge in [-0.25, -0.2) is 0 Å². The molecule has 0 bridgehead atoms. The van der Waals surface area contributed by atoms with Gasteiger partial charge in [-0.3, -0.25) is 0 Å². The average Bonchev–Trinajstić information content (AvgIpc) is 2.91. The number of hydrogen-bond acceptors (Lipinski definition) is 4. The minimum absolute atomic E-state index is 0.132. The van der Waals surface area contributed by atoms with Crippen LogP contribution in [-0.2, 0) is 0 Å². The van der Waals surface area contributed by atoms with Crippen LogP contribution in [0.4, 0.5) is 0 Å². The molecular formula is C14H17NO2S. The Morgan fingerprint density at radius 3 is 2.72 bits per heavy atom. The van der Waals surface area contributed by atoms with Crippen molar-refractivity contribution in [2.45, 2.75) is 13.0 Å². The molecule has 0 saturated heterocycles. The molecule has 1 heterocycles. The first-order valence-corrected chi connectivity index (χ1v) is 6.72. The van der Waals surface area contributed by atoms with Crippen molar-refractivity contribution in [2.75, 3.05) is 13.7 Å². The Labute approximate surface area is 111 Å². The summed E-state index contributed by atoms with van der Waals surface area (Å²) in [6.45, 7) is 2.46. The summed E-state index contributed by atoms with van der Waals surface area (Å²) < 4.78 is 11.3. The molecule has 0 saturated carbocycles. The minimum atomic E-state index is -0.132. The molecule has 0 fully saturated rings. The van der Waals surface area contributed by atoms with Gasteiger partial charge in [0.2, 0.25) is 0 Å². The van der Waals surface area contributed by atoms with E-state index in [1.807, 2.05) is 36.6 Å². The van der Waals surface area contributed by atoms with E-state index in [2.05, 4.69) is 5.38 Å². The molecule has 1 aromatic heterocycles. The lowest BCUT2D eigenvalue weighted by molar-refractivity contribution is 0.205. The van der Waals surface area contributed by atoms with Crippen LogP contribution in [-0.4, -0.2) is 13.7 Å². The Balaban J connectivity index is 2.22. The standard InChI is InChI=1S/C14H17NO2S/c1-10-3-4-12(13(7-10)16-2)17-14(8-15)11-5-6-18-9-11/h3-7,9,14H,8,15H2,1-2H3.